The summed E-state index contributed by atoms with van der Waals surface area (Å²) >= 11 is 0. The zero-order valence-corrected chi connectivity index (χ0v) is 26.5. The number of nitrogens with two attached hydrogens (primary N) is 1. The fourth-order valence-electron chi connectivity index (χ4n) is 4.49. The van der Waals surface area contributed by atoms with Crippen molar-refractivity contribution < 1.29 is 9.18 Å². The first-order chi connectivity index (χ1) is 18.5. The Bertz CT molecular complexity index is 953. The second kappa shape index (κ2) is 19.3. The van der Waals surface area contributed by atoms with Crippen LogP contribution < -0.4 is 10.6 Å². The van der Waals surface area contributed by atoms with E-state index in [2.05, 4.69) is 39.2 Å². The van der Waals surface area contributed by atoms with E-state index in [0.717, 1.165) is 31.4 Å². The smallest absolute Gasteiger partial charge is 0.254 e. The highest BCUT2D eigenvalue weighted by Gasteiger charge is 2.25. The van der Waals surface area contributed by atoms with Crippen LogP contribution in [0, 0.1) is 5.82 Å². The summed E-state index contributed by atoms with van der Waals surface area (Å²) in [6, 6.07) is 12.8. The molecular formula is C34H56FN3O. The fraction of sp³-hybridized carbons (Fsp3) is 0.559. The average Bonchev–Trinajstić information content (AvgIpc) is 2.91. The molecule has 220 valence electrons. The molecule has 0 aliphatic heterocycles. The van der Waals surface area contributed by atoms with Crippen LogP contribution in [0.2, 0.25) is 0 Å². The Morgan fingerprint density at radius 3 is 1.67 bits per heavy atom. The molecule has 4 nitrogen and oxygen atoms in total. The third-order valence-electron chi connectivity index (χ3n) is 6.43. The molecule has 0 atom stereocenters. The third kappa shape index (κ3) is 11.1. The lowest BCUT2D eigenvalue weighted by molar-refractivity contribution is 0.0643. The number of rotatable bonds is 12. The van der Waals surface area contributed by atoms with Gasteiger partial charge in [0, 0.05) is 35.1 Å². The molecular weight excluding hydrogens is 485 g/mol. The van der Waals surface area contributed by atoms with Gasteiger partial charge in [-0.25, -0.2) is 4.39 Å². The second-order valence-electron chi connectivity index (χ2n) is 10.2. The molecule has 0 saturated carbocycles. The van der Waals surface area contributed by atoms with Crippen LogP contribution in [-0.4, -0.2) is 28.9 Å². The molecule has 0 aromatic heterocycles. The van der Waals surface area contributed by atoms with Gasteiger partial charge in [0.25, 0.3) is 5.91 Å². The molecule has 39 heavy (non-hydrogen) atoms. The van der Waals surface area contributed by atoms with Crippen molar-refractivity contribution >= 4 is 23.0 Å². The number of halogens is 1. The minimum Gasteiger partial charge on any atom is -0.399 e. The van der Waals surface area contributed by atoms with E-state index in [4.69, 9.17) is 5.73 Å². The fourth-order valence-corrected chi connectivity index (χ4v) is 4.49. The third-order valence-corrected chi connectivity index (χ3v) is 6.43. The first-order valence-electron chi connectivity index (χ1n) is 15.0. The monoisotopic (exact) mass is 541 g/mol. The number of amides is 1. The number of hydrogen-bond acceptors (Lipinski definition) is 3. The summed E-state index contributed by atoms with van der Waals surface area (Å²) in [6.45, 7) is 24.6. The second-order valence-corrected chi connectivity index (χ2v) is 10.2. The molecule has 0 unspecified atom stereocenters. The lowest BCUT2D eigenvalue weighted by Gasteiger charge is -2.35. The Labute approximate surface area is 239 Å². The highest BCUT2D eigenvalue weighted by molar-refractivity contribution is 5.95. The van der Waals surface area contributed by atoms with Crippen LogP contribution in [0.1, 0.15) is 124 Å². The van der Waals surface area contributed by atoms with E-state index in [-0.39, 0.29) is 29.8 Å². The predicted molar refractivity (Wildman–Crippen MR) is 170 cm³/mol. The van der Waals surface area contributed by atoms with Crippen molar-refractivity contribution in [1.29, 1.82) is 0 Å². The molecule has 2 N–H and O–H groups in total. The molecule has 0 fully saturated rings. The van der Waals surface area contributed by atoms with Crippen molar-refractivity contribution in [2.45, 2.75) is 126 Å². The Kier molecular flexibility index (Phi) is 17.9. The van der Waals surface area contributed by atoms with E-state index in [1.807, 2.05) is 70.7 Å². The van der Waals surface area contributed by atoms with E-state index in [1.165, 1.54) is 18.9 Å². The number of anilines is 2. The highest BCUT2D eigenvalue weighted by Crippen LogP contribution is 2.35. The van der Waals surface area contributed by atoms with E-state index < -0.39 is 0 Å². The molecule has 0 radical (unpaired) electrons. The standard InChI is InChI=1S/C28H40FN3O.C4H10.C2H6/c1-8-10-24(11-9-2)32(27-18-23(21(7)30)14-17-26(27)29)25-15-12-22(13-16-25)28(33)31(19(3)4)20(5)6;1-3-4-2;1-2/h12-20,24H,7-11,30H2,1-6H3;3-4H2,1-2H3;1-2H3. The Morgan fingerprint density at radius 2 is 1.28 bits per heavy atom. The summed E-state index contributed by atoms with van der Waals surface area (Å²) in [6.07, 6.45) is 6.47. The number of benzene rings is 2. The predicted octanol–water partition coefficient (Wildman–Crippen LogP) is 9.95. The number of carbonyl (C=O) groups is 1. The van der Waals surface area contributed by atoms with Gasteiger partial charge in [0.1, 0.15) is 5.82 Å². The molecule has 0 heterocycles. The number of hydrogen-bond donors (Lipinski definition) is 1. The number of nitrogens with zero attached hydrogens (tertiary/aromatic N) is 2. The molecule has 2 aromatic carbocycles. The van der Waals surface area contributed by atoms with Gasteiger partial charge in [0.2, 0.25) is 0 Å². The van der Waals surface area contributed by atoms with Crippen LogP contribution in [0.15, 0.2) is 49.0 Å². The maximum absolute atomic E-state index is 15.1. The zero-order valence-electron chi connectivity index (χ0n) is 26.5. The van der Waals surface area contributed by atoms with Gasteiger partial charge in [-0.2, -0.15) is 0 Å². The van der Waals surface area contributed by atoms with Gasteiger partial charge in [-0.1, -0.05) is 73.8 Å². The lowest BCUT2D eigenvalue weighted by atomic mass is 10.0. The molecule has 2 rings (SSSR count). The number of carbonyl (C=O) groups excluding carboxylic acids is 1. The van der Waals surface area contributed by atoms with E-state index in [1.54, 1.807) is 12.1 Å². The zero-order chi connectivity index (χ0) is 30.1. The molecule has 0 aliphatic rings. The van der Waals surface area contributed by atoms with Gasteiger partial charge in [-0.05, 0) is 88.6 Å². The molecule has 1 amide bonds. The Morgan fingerprint density at radius 1 is 0.821 bits per heavy atom. The summed E-state index contributed by atoms with van der Waals surface area (Å²) in [5, 5.41) is 0. The Hall–Kier alpha value is -2.82. The van der Waals surface area contributed by atoms with Crippen LogP contribution in [0.3, 0.4) is 0 Å². The molecule has 0 bridgehead atoms. The first kappa shape index (κ1) is 36.2. The van der Waals surface area contributed by atoms with Crippen molar-refractivity contribution in [2.24, 2.45) is 5.73 Å². The number of unbranched alkanes of at least 4 members (excludes halogenated alkanes) is 1. The van der Waals surface area contributed by atoms with Gasteiger partial charge in [-0.15, -0.1) is 0 Å². The van der Waals surface area contributed by atoms with Crippen molar-refractivity contribution in [1.82, 2.24) is 4.90 Å². The minimum atomic E-state index is -0.303. The molecule has 0 saturated heterocycles. The summed E-state index contributed by atoms with van der Waals surface area (Å²) in [4.78, 5) is 17.1. The molecule has 5 heteroatoms. The molecule has 2 aromatic rings. The van der Waals surface area contributed by atoms with Crippen LogP contribution in [0.25, 0.3) is 5.70 Å². The van der Waals surface area contributed by atoms with Crippen LogP contribution in [-0.2, 0) is 0 Å². The largest absolute Gasteiger partial charge is 0.399 e. The van der Waals surface area contributed by atoms with Crippen molar-refractivity contribution in [3.05, 3.63) is 66.0 Å². The normalized spacial score (nSPS) is 10.5. The first-order valence-corrected chi connectivity index (χ1v) is 15.0. The SMILES string of the molecule is C=C(N)c1ccc(F)c(N(c2ccc(C(=O)N(C(C)C)C(C)C)cc2)C(CCC)CCC)c1.CC.CCCC. The topological polar surface area (TPSA) is 49.6 Å². The van der Waals surface area contributed by atoms with Gasteiger partial charge in [-0.3, -0.25) is 4.79 Å². The van der Waals surface area contributed by atoms with E-state index >= 15 is 4.39 Å². The van der Waals surface area contributed by atoms with Crippen LogP contribution in [0.4, 0.5) is 15.8 Å². The maximum Gasteiger partial charge on any atom is 0.254 e. The van der Waals surface area contributed by atoms with E-state index in [9.17, 15) is 4.79 Å². The average molecular weight is 542 g/mol. The molecule has 0 spiro atoms. The van der Waals surface area contributed by atoms with Gasteiger partial charge >= 0.3 is 0 Å². The van der Waals surface area contributed by atoms with Crippen LogP contribution >= 0.6 is 0 Å². The maximum atomic E-state index is 15.1. The van der Waals surface area contributed by atoms with Crippen LogP contribution in [0.5, 0.6) is 0 Å². The summed E-state index contributed by atoms with van der Waals surface area (Å²) in [7, 11) is 0. The quantitative estimate of drug-likeness (QED) is 0.291. The van der Waals surface area contributed by atoms with E-state index in [0.29, 0.717) is 22.5 Å². The highest BCUT2D eigenvalue weighted by atomic mass is 19.1. The van der Waals surface area contributed by atoms with Crippen molar-refractivity contribution in [3.8, 4) is 0 Å². The lowest BCUT2D eigenvalue weighted by Crippen LogP contribution is -2.42. The Balaban J connectivity index is 0.00000220. The van der Waals surface area contributed by atoms with Gasteiger partial charge in [0.05, 0.1) is 5.69 Å². The summed E-state index contributed by atoms with van der Waals surface area (Å²) in [5.41, 5.74) is 9.00. The van der Waals surface area contributed by atoms with Gasteiger partial charge < -0.3 is 15.5 Å². The summed E-state index contributed by atoms with van der Waals surface area (Å²) in [5.74, 6) is -0.299. The van der Waals surface area contributed by atoms with Crippen molar-refractivity contribution in [3.63, 3.8) is 0 Å². The minimum absolute atomic E-state index is 0.00405. The van der Waals surface area contributed by atoms with Crippen molar-refractivity contribution in [2.75, 3.05) is 4.90 Å². The summed E-state index contributed by atoms with van der Waals surface area (Å²) < 4.78 is 15.1. The molecule has 0 aliphatic carbocycles. The van der Waals surface area contributed by atoms with Gasteiger partial charge in [0.15, 0.2) is 0 Å².